The molecule has 0 atom stereocenters. The number of nitrogens with two attached hydrogens (primary N) is 1. The number of nitrogen functional groups attached to an aromatic ring is 1. The Bertz CT molecular complexity index is 2780. The predicted molar refractivity (Wildman–Crippen MR) is 182 cm³/mol. The molecule has 0 unspecified atom stereocenters. The molecular formula is C29H15Cl2N8Na3O11S3. The van der Waals surface area contributed by atoms with Crippen molar-refractivity contribution >= 4 is 105 Å². The number of fused-ring (bicyclic) bond motifs is 2. The van der Waals surface area contributed by atoms with Crippen LogP contribution >= 0.6 is 23.2 Å². The molecule has 1 aliphatic carbocycles. The Hall–Kier alpha value is -2.46. The molecule has 1 aliphatic rings. The number of hydrogen-bond donors (Lipinski definition) is 3. The summed E-state index contributed by atoms with van der Waals surface area (Å²) >= 11 is 11.5. The summed E-state index contributed by atoms with van der Waals surface area (Å²) in [6.45, 7) is 0. The van der Waals surface area contributed by atoms with Crippen LogP contribution in [0.4, 0.5) is 40.1 Å². The van der Waals surface area contributed by atoms with Crippen LogP contribution in [0.5, 0.6) is 0 Å². The van der Waals surface area contributed by atoms with Gasteiger partial charge in [0.1, 0.15) is 36.0 Å². The Balaban J connectivity index is 0.00000280. The van der Waals surface area contributed by atoms with Gasteiger partial charge in [-0.25, -0.2) is 25.3 Å². The van der Waals surface area contributed by atoms with E-state index < -0.39 is 84.7 Å². The quantitative estimate of drug-likeness (QED) is 0.0531. The van der Waals surface area contributed by atoms with Gasteiger partial charge >= 0.3 is 88.7 Å². The van der Waals surface area contributed by atoms with Crippen molar-refractivity contribution in [3.63, 3.8) is 0 Å². The van der Waals surface area contributed by atoms with Crippen molar-refractivity contribution in [2.24, 2.45) is 10.2 Å². The van der Waals surface area contributed by atoms with Gasteiger partial charge in [0.25, 0.3) is 0 Å². The van der Waals surface area contributed by atoms with Gasteiger partial charge in [0.2, 0.25) is 16.5 Å². The molecule has 0 fully saturated rings. The monoisotopic (exact) mass is 886 g/mol. The molecule has 1 heterocycles. The smallest absolute Gasteiger partial charge is 0.744 e. The van der Waals surface area contributed by atoms with Gasteiger partial charge in [0.05, 0.1) is 42.9 Å². The van der Waals surface area contributed by atoms with Gasteiger partial charge in [0.15, 0.2) is 11.6 Å². The van der Waals surface area contributed by atoms with E-state index in [0.717, 1.165) is 30.3 Å². The van der Waals surface area contributed by atoms with Gasteiger partial charge in [-0.3, -0.25) is 9.59 Å². The zero-order valence-corrected chi connectivity index (χ0v) is 38.6. The molecule has 0 saturated heterocycles. The number of nitrogens with one attached hydrogen (secondary N) is 2. The van der Waals surface area contributed by atoms with Crippen LogP contribution in [0.25, 0.3) is 0 Å². The standard InChI is InChI=1S/C29H18Cl2N8O11S3.3Na/c30-27-35-28(31)37-29(36-27)34-14-5-8-18(20(9-14)52(45,46)47)39-38-13-3-1-12(2-4-13)33-19-11-21(53(48,49)50)24(32)23-22(19)26(41)17-10-15(51(42,43)44)6-7-16(17)25(23)40;;;/h1-11,33H,32H2,(H,42,43,44)(H,45,46,47)(H,48,49,50)(H,34,35,36,37);;;/q;3*+1/p-3. The summed E-state index contributed by atoms with van der Waals surface area (Å²) in [5.74, 6) is -2.18. The second kappa shape index (κ2) is 18.2. The maximum Gasteiger partial charge on any atom is 1.00 e. The van der Waals surface area contributed by atoms with Gasteiger partial charge in [-0.1, -0.05) is 0 Å². The van der Waals surface area contributed by atoms with Gasteiger partial charge in [-0.05, 0) is 89.9 Å². The Morgan fingerprint density at radius 2 is 1.18 bits per heavy atom. The van der Waals surface area contributed by atoms with Gasteiger partial charge in [0, 0.05) is 22.5 Å². The number of nitrogens with zero attached hydrogens (tertiary/aromatic N) is 5. The fraction of sp³-hybridized carbons (Fsp3) is 0. The van der Waals surface area contributed by atoms with E-state index in [4.69, 9.17) is 28.9 Å². The third kappa shape index (κ3) is 10.4. The molecule has 0 radical (unpaired) electrons. The average molecular weight is 888 g/mol. The SMILES string of the molecule is Nc1c(S(=O)(=O)[O-])cc(Nc2ccc(N=Nc3ccc(Nc4nc(Cl)nc(Cl)n4)cc3S(=O)(=O)[O-])cc2)c2c1C(=O)c1ccc(S(=O)(=O)[O-])cc1C2=O.[Na+].[Na+].[Na+]. The van der Waals surface area contributed by atoms with Crippen LogP contribution in [0.2, 0.25) is 10.6 Å². The minimum Gasteiger partial charge on any atom is -0.744 e. The molecule has 27 heteroatoms. The topological polar surface area (TPSA) is 319 Å². The first-order valence-corrected chi connectivity index (χ1v) is 19.0. The normalized spacial score (nSPS) is 12.4. The van der Waals surface area contributed by atoms with Gasteiger partial charge in [-0.15, -0.1) is 5.11 Å². The molecule has 0 amide bonds. The van der Waals surface area contributed by atoms with E-state index in [2.05, 4.69) is 35.8 Å². The predicted octanol–water partition coefficient (Wildman–Crippen LogP) is -4.84. The first kappa shape index (κ1) is 47.9. The fourth-order valence-electron chi connectivity index (χ4n) is 5.05. The summed E-state index contributed by atoms with van der Waals surface area (Å²) in [6, 6.07) is 11.9. The second-order valence-corrected chi connectivity index (χ2v) is 15.4. The van der Waals surface area contributed by atoms with E-state index in [1.165, 1.54) is 30.3 Å². The number of aromatic nitrogens is 3. The van der Waals surface area contributed by atoms with Crippen molar-refractivity contribution in [1.82, 2.24) is 15.0 Å². The van der Waals surface area contributed by atoms with E-state index in [9.17, 15) is 48.5 Å². The molecule has 56 heavy (non-hydrogen) atoms. The summed E-state index contributed by atoms with van der Waals surface area (Å²) < 4.78 is 107. The first-order chi connectivity index (χ1) is 24.7. The van der Waals surface area contributed by atoms with E-state index >= 15 is 0 Å². The van der Waals surface area contributed by atoms with Crippen LogP contribution in [0.15, 0.2) is 91.6 Å². The molecule has 0 aliphatic heterocycles. The molecule has 1 aromatic heterocycles. The zero-order valence-electron chi connectivity index (χ0n) is 28.6. The average Bonchev–Trinajstić information content (AvgIpc) is 3.05. The number of benzene rings is 4. The molecule has 0 spiro atoms. The number of halogens is 2. The third-order valence-corrected chi connectivity index (χ3v) is 10.2. The molecule has 272 valence electrons. The van der Waals surface area contributed by atoms with E-state index in [-0.39, 0.29) is 134 Å². The number of ketones is 2. The maximum atomic E-state index is 13.7. The maximum absolute atomic E-state index is 13.7. The Kier molecular flexibility index (Phi) is 15.6. The first-order valence-electron chi connectivity index (χ1n) is 14.1. The fourth-order valence-corrected chi connectivity index (χ4v) is 7.18. The third-order valence-electron chi connectivity index (χ3n) is 7.31. The summed E-state index contributed by atoms with van der Waals surface area (Å²) in [5.41, 5.74) is 2.59. The van der Waals surface area contributed by atoms with Gasteiger partial charge < -0.3 is 30.0 Å². The molecule has 4 aromatic carbocycles. The molecular weight excluding hydrogens is 872 g/mol. The Labute approximate surface area is 393 Å². The number of carbonyl (C=O) groups is 2. The van der Waals surface area contributed by atoms with Crippen molar-refractivity contribution in [2.75, 3.05) is 16.4 Å². The van der Waals surface area contributed by atoms with Crippen molar-refractivity contribution in [2.45, 2.75) is 14.7 Å². The van der Waals surface area contributed by atoms with Gasteiger partial charge in [-0.2, -0.15) is 20.1 Å². The van der Waals surface area contributed by atoms with Crippen LogP contribution in [0, 0.1) is 0 Å². The van der Waals surface area contributed by atoms with Crippen LogP contribution in [0.1, 0.15) is 31.8 Å². The van der Waals surface area contributed by atoms with Crippen LogP contribution in [0.3, 0.4) is 0 Å². The number of anilines is 5. The molecule has 6 rings (SSSR count). The minimum absolute atomic E-state index is 0. The summed E-state index contributed by atoms with van der Waals surface area (Å²) in [7, 11) is -15.5. The Morgan fingerprint density at radius 3 is 1.75 bits per heavy atom. The molecule has 0 bridgehead atoms. The second-order valence-electron chi connectivity index (χ2n) is 10.7. The summed E-state index contributed by atoms with van der Waals surface area (Å²) in [4.78, 5) is 35.7. The van der Waals surface area contributed by atoms with Crippen LogP contribution in [-0.2, 0) is 30.4 Å². The van der Waals surface area contributed by atoms with Crippen molar-refractivity contribution < 1.29 is 137 Å². The van der Waals surface area contributed by atoms with Crippen molar-refractivity contribution in [3.8, 4) is 0 Å². The van der Waals surface area contributed by atoms with Crippen LogP contribution in [-0.4, -0.2) is 65.4 Å². The molecule has 4 N–H and O–H groups in total. The zero-order chi connectivity index (χ0) is 38.6. The molecule has 19 nitrogen and oxygen atoms in total. The summed E-state index contributed by atoms with van der Waals surface area (Å²) in [6.07, 6.45) is 0. The largest absolute Gasteiger partial charge is 1.00 e. The minimum atomic E-state index is -5.32. The van der Waals surface area contributed by atoms with Crippen molar-refractivity contribution in [3.05, 3.63) is 99.6 Å². The number of hydrogen-bond acceptors (Lipinski definition) is 19. The summed E-state index contributed by atoms with van der Waals surface area (Å²) in [5, 5.41) is 12.6. The van der Waals surface area contributed by atoms with Crippen LogP contribution < -0.4 is 105 Å². The van der Waals surface area contributed by atoms with E-state index in [0.29, 0.717) is 6.07 Å². The van der Waals surface area contributed by atoms with E-state index in [1.54, 1.807) is 0 Å². The molecule has 5 aromatic rings. The number of rotatable bonds is 9. The number of azo groups is 1. The van der Waals surface area contributed by atoms with Crippen molar-refractivity contribution in [1.29, 1.82) is 0 Å². The molecule has 0 saturated carbocycles. The number of carbonyl (C=O) groups excluding carboxylic acids is 2. The van der Waals surface area contributed by atoms with E-state index in [1.807, 2.05) is 0 Å². The Morgan fingerprint density at radius 1 is 0.607 bits per heavy atom.